The predicted octanol–water partition coefficient (Wildman–Crippen LogP) is 2.24. The number of alkyl halides is 3. The van der Waals surface area contributed by atoms with E-state index in [1.54, 1.807) is 6.07 Å². The molecule has 1 aromatic carbocycles. The molecular formula is C11H11F3N2O2S. The highest BCUT2D eigenvalue weighted by atomic mass is 32.2. The molecule has 0 radical (unpaired) electrons. The number of halogens is 3. The Morgan fingerprint density at radius 1 is 1.32 bits per heavy atom. The van der Waals surface area contributed by atoms with Gasteiger partial charge in [0.1, 0.15) is 6.54 Å². The Labute approximate surface area is 109 Å². The SMILES string of the molecule is CCN(CC#N)S(=O)(=O)c1ccccc1C(F)(F)F. The first-order valence-electron chi connectivity index (χ1n) is 5.28. The highest BCUT2D eigenvalue weighted by Crippen LogP contribution is 2.34. The average molecular weight is 292 g/mol. The molecule has 8 heteroatoms. The van der Waals surface area contributed by atoms with Gasteiger partial charge in [-0.05, 0) is 12.1 Å². The van der Waals surface area contributed by atoms with Crippen LogP contribution in [-0.4, -0.2) is 25.8 Å². The summed E-state index contributed by atoms with van der Waals surface area (Å²) in [6.45, 7) is 0.873. The van der Waals surface area contributed by atoms with Crippen LogP contribution >= 0.6 is 0 Å². The first-order valence-corrected chi connectivity index (χ1v) is 6.72. The van der Waals surface area contributed by atoms with Crippen molar-refractivity contribution in [2.24, 2.45) is 0 Å². The lowest BCUT2D eigenvalue weighted by molar-refractivity contribution is -0.139. The number of hydrogen-bond acceptors (Lipinski definition) is 3. The number of nitriles is 1. The van der Waals surface area contributed by atoms with Crippen LogP contribution in [0.25, 0.3) is 0 Å². The Balaban J connectivity index is 3.42. The van der Waals surface area contributed by atoms with Crippen molar-refractivity contribution in [2.45, 2.75) is 18.0 Å². The van der Waals surface area contributed by atoms with Crippen molar-refractivity contribution in [3.63, 3.8) is 0 Å². The van der Waals surface area contributed by atoms with Gasteiger partial charge in [-0.3, -0.25) is 0 Å². The van der Waals surface area contributed by atoms with Crippen molar-refractivity contribution in [2.75, 3.05) is 13.1 Å². The van der Waals surface area contributed by atoms with Gasteiger partial charge in [0.2, 0.25) is 10.0 Å². The van der Waals surface area contributed by atoms with Gasteiger partial charge in [0.05, 0.1) is 16.5 Å². The van der Waals surface area contributed by atoms with Gasteiger partial charge >= 0.3 is 6.18 Å². The van der Waals surface area contributed by atoms with Gasteiger partial charge in [-0.25, -0.2) is 8.42 Å². The molecule has 0 aliphatic carbocycles. The van der Waals surface area contributed by atoms with Crippen LogP contribution < -0.4 is 0 Å². The fourth-order valence-electron chi connectivity index (χ4n) is 1.51. The van der Waals surface area contributed by atoms with Gasteiger partial charge in [-0.2, -0.15) is 22.7 Å². The normalized spacial score (nSPS) is 12.4. The van der Waals surface area contributed by atoms with Gasteiger partial charge in [0, 0.05) is 6.54 Å². The molecular weight excluding hydrogens is 281 g/mol. The number of hydrogen-bond donors (Lipinski definition) is 0. The second-order valence-corrected chi connectivity index (χ2v) is 5.49. The van der Waals surface area contributed by atoms with E-state index in [1.165, 1.54) is 13.0 Å². The van der Waals surface area contributed by atoms with Gasteiger partial charge in [0.25, 0.3) is 0 Å². The molecule has 4 nitrogen and oxygen atoms in total. The van der Waals surface area contributed by atoms with Crippen LogP contribution in [-0.2, 0) is 16.2 Å². The molecule has 0 saturated carbocycles. The van der Waals surface area contributed by atoms with Gasteiger partial charge in [0.15, 0.2) is 0 Å². The molecule has 0 aromatic heterocycles. The van der Waals surface area contributed by atoms with E-state index in [0.29, 0.717) is 10.4 Å². The summed E-state index contributed by atoms with van der Waals surface area (Å²) < 4.78 is 63.2. The lowest BCUT2D eigenvalue weighted by atomic mass is 10.2. The topological polar surface area (TPSA) is 61.2 Å². The molecule has 19 heavy (non-hydrogen) atoms. The Morgan fingerprint density at radius 2 is 1.89 bits per heavy atom. The van der Waals surface area contributed by atoms with E-state index in [4.69, 9.17) is 5.26 Å². The van der Waals surface area contributed by atoms with Crippen LogP contribution in [0.1, 0.15) is 12.5 Å². The smallest absolute Gasteiger partial charge is 0.207 e. The molecule has 0 atom stereocenters. The number of sulfonamides is 1. The zero-order chi connectivity index (χ0) is 14.7. The van der Waals surface area contributed by atoms with Gasteiger partial charge in [-0.15, -0.1) is 0 Å². The largest absolute Gasteiger partial charge is 0.417 e. The summed E-state index contributed by atoms with van der Waals surface area (Å²) >= 11 is 0. The molecule has 104 valence electrons. The summed E-state index contributed by atoms with van der Waals surface area (Å²) in [5.74, 6) is 0. The van der Waals surface area contributed by atoms with Crippen LogP contribution in [0.4, 0.5) is 13.2 Å². The minimum atomic E-state index is -4.77. The maximum absolute atomic E-state index is 12.8. The highest BCUT2D eigenvalue weighted by Gasteiger charge is 2.38. The lowest BCUT2D eigenvalue weighted by Crippen LogP contribution is -2.32. The van der Waals surface area contributed by atoms with Gasteiger partial charge in [-0.1, -0.05) is 19.1 Å². The van der Waals surface area contributed by atoms with Crippen molar-refractivity contribution >= 4 is 10.0 Å². The third kappa shape index (κ3) is 3.24. The molecule has 0 unspecified atom stereocenters. The summed E-state index contributed by atoms with van der Waals surface area (Å²) in [5, 5.41) is 8.53. The van der Waals surface area contributed by atoms with E-state index in [2.05, 4.69) is 0 Å². The van der Waals surface area contributed by atoms with Gasteiger partial charge < -0.3 is 0 Å². The van der Waals surface area contributed by atoms with Crippen LogP contribution in [0.5, 0.6) is 0 Å². The summed E-state index contributed by atoms with van der Waals surface area (Å²) in [7, 11) is -4.34. The molecule has 0 saturated heterocycles. The van der Waals surface area contributed by atoms with Crippen molar-refractivity contribution in [3.05, 3.63) is 29.8 Å². The second-order valence-electron chi connectivity index (χ2n) is 3.58. The standard InChI is InChI=1S/C11H11F3N2O2S/c1-2-16(8-7-15)19(17,18)10-6-4-3-5-9(10)11(12,13)14/h3-6H,2,8H2,1H3. The van der Waals surface area contributed by atoms with Crippen molar-refractivity contribution in [1.82, 2.24) is 4.31 Å². The highest BCUT2D eigenvalue weighted by molar-refractivity contribution is 7.89. The van der Waals surface area contributed by atoms with E-state index >= 15 is 0 Å². The fourth-order valence-corrected chi connectivity index (χ4v) is 3.07. The Kier molecular flexibility index (Phi) is 4.55. The first kappa shape index (κ1) is 15.5. The van der Waals surface area contributed by atoms with E-state index in [0.717, 1.165) is 12.1 Å². The maximum Gasteiger partial charge on any atom is 0.417 e. The molecule has 0 amide bonds. The van der Waals surface area contributed by atoms with Crippen molar-refractivity contribution < 1.29 is 21.6 Å². The van der Waals surface area contributed by atoms with Crippen LogP contribution in [0.3, 0.4) is 0 Å². The third-order valence-corrected chi connectivity index (χ3v) is 4.39. The van der Waals surface area contributed by atoms with E-state index < -0.39 is 33.2 Å². The Bertz CT molecular complexity index is 591. The molecule has 1 aromatic rings. The predicted molar refractivity (Wildman–Crippen MR) is 61.5 cm³/mol. The minimum absolute atomic E-state index is 0.0813. The fraction of sp³-hybridized carbons (Fsp3) is 0.364. The summed E-state index contributed by atoms with van der Waals surface area (Å²) in [4.78, 5) is -0.834. The summed E-state index contributed by atoms with van der Waals surface area (Å²) in [5.41, 5.74) is -1.23. The van der Waals surface area contributed by atoms with Crippen LogP contribution in [0, 0.1) is 11.3 Å². The molecule has 0 aliphatic rings. The maximum atomic E-state index is 12.8. The lowest BCUT2D eigenvalue weighted by Gasteiger charge is -2.20. The van der Waals surface area contributed by atoms with E-state index in [-0.39, 0.29) is 6.54 Å². The molecule has 0 spiro atoms. The zero-order valence-electron chi connectivity index (χ0n) is 9.98. The molecule has 0 heterocycles. The first-order chi connectivity index (χ1) is 8.75. The Morgan fingerprint density at radius 3 is 2.37 bits per heavy atom. The number of benzene rings is 1. The number of rotatable bonds is 4. The molecule has 0 fully saturated rings. The van der Waals surface area contributed by atoms with Crippen molar-refractivity contribution in [1.29, 1.82) is 5.26 Å². The average Bonchev–Trinajstić information content (AvgIpc) is 2.34. The van der Waals surface area contributed by atoms with E-state index in [9.17, 15) is 21.6 Å². The molecule has 0 bridgehead atoms. The molecule has 0 aliphatic heterocycles. The number of nitrogens with zero attached hydrogens (tertiary/aromatic N) is 2. The monoisotopic (exact) mass is 292 g/mol. The quantitative estimate of drug-likeness (QED) is 0.800. The van der Waals surface area contributed by atoms with Crippen molar-refractivity contribution in [3.8, 4) is 6.07 Å². The van der Waals surface area contributed by atoms with Crippen LogP contribution in [0.2, 0.25) is 0 Å². The molecule has 0 N–H and O–H groups in total. The second kappa shape index (κ2) is 5.59. The molecule has 1 rings (SSSR count). The zero-order valence-corrected chi connectivity index (χ0v) is 10.8. The van der Waals surface area contributed by atoms with E-state index in [1.807, 2.05) is 0 Å². The van der Waals surface area contributed by atoms with Crippen LogP contribution in [0.15, 0.2) is 29.2 Å². The summed E-state index contributed by atoms with van der Waals surface area (Å²) in [6, 6.07) is 5.53. The Hall–Kier alpha value is -1.59. The summed E-state index contributed by atoms with van der Waals surface area (Å²) in [6.07, 6.45) is -4.77. The minimum Gasteiger partial charge on any atom is -0.207 e. The third-order valence-electron chi connectivity index (χ3n) is 2.41.